The van der Waals surface area contributed by atoms with Gasteiger partial charge in [-0.2, -0.15) is 0 Å². The molecule has 0 atom stereocenters. The number of aliphatic carboxylic acids is 1. The van der Waals surface area contributed by atoms with E-state index < -0.39 is 5.97 Å². The van der Waals surface area contributed by atoms with E-state index >= 15 is 0 Å². The van der Waals surface area contributed by atoms with Gasteiger partial charge in [0, 0.05) is 12.4 Å². The fourth-order valence-corrected chi connectivity index (χ4v) is 2.96. The molecule has 0 saturated heterocycles. The lowest BCUT2D eigenvalue weighted by Crippen LogP contribution is -2.00. The van der Waals surface area contributed by atoms with Crippen LogP contribution in [0.5, 0.6) is 0 Å². The summed E-state index contributed by atoms with van der Waals surface area (Å²) in [6.45, 7) is 0. The molecule has 24 heavy (non-hydrogen) atoms. The number of aliphatic imine (C=N–C) groups is 1. The third-order valence-electron chi connectivity index (χ3n) is 3.51. The summed E-state index contributed by atoms with van der Waals surface area (Å²) in [5.41, 5.74) is 0.737. The van der Waals surface area contributed by atoms with Crippen molar-refractivity contribution >= 4 is 50.1 Å². The molecule has 0 aliphatic heterocycles. The molecule has 0 fully saturated rings. The first-order valence-electron chi connectivity index (χ1n) is 7.32. The van der Waals surface area contributed by atoms with Gasteiger partial charge in [-0.25, -0.2) is 0 Å². The quantitative estimate of drug-likeness (QED) is 0.320. The third-order valence-corrected chi connectivity index (χ3v) is 4.42. The number of carboxylic acids is 1. The van der Waals surface area contributed by atoms with Crippen LogP contribution in [0.15, 0.2) is 69.8 Å². The number of rotatable bonds is 3. The SMILES string of the molecule is CN=C(N=Nc1cc2ccccc2c2ccccc12)SCC(=O)O. The van der Waals surface area contributed by atoms with Gasteiger partial charge in [-0.05, 0) is 22.2 Å². The molecule has 0 aliphatic rings. The smallest absolute Gasteiger partial charge is 0.313 e. The van der Waals surface area contributed by atoms with Crippen molar-refractivity contribution in [1.29, 1.82) is 0 Å². The molecule has 0 heterocycles. The number of amidine groups is 1. The van der Waals surface area contributed by atoms with Crippen LogP contribution in [0.4, 0.5) is 5.69 Å². The van der Waals surface area contributed by atoms with Crippen LogP contribution < -0.4 is 0 Å². The van der Waals surface area contributed by atoms with Gasteiger partial charge < -0.3 is 5.11 Å². The first kappa shape index (κ1) is 16.1. The Hall–Kier alpha value is -2.73. The summed E-state index contributed by atoms with van der Waals surface area (Å²) in [5, 5.41) is 21.9. The van der Waals surface area contributed by atoms with Crippen LogP contribution in [0, 0.1) is 0 Å². The summed E-state index contributed by atoms with van der Waals surface area (Å²) in [4.78, 5) is 14.6. The second-order valence-corrected chi connectivity index (χ2v) is 5.99. The number of fused-ring (bicyclic) bond motifs is 3. The molecule has 0 radical (unpaired) electrons. The van der Waals surface area contributed by atoms with E-state index in [1.165, 1.54) is 0 Å². The highest BCUT2D eigenvalue weighted by atomic mass is 32.2. The number of carbonyl (C=O) groups is 1. The first-order chi connectivity index (χ1) is 11.7. The summed E-state index contributed by atoms with van der Waals surface area (Å²) in [5.74, 6) is -1.00. The summed E-state index contributed by atoms with van der Waals surface area (Å²) >= 11 is 1.05. The fraction of sp³-hybridized carbons (Fsp3) is 0.111. The molecular weight excluding hydrogens is 322 g/mol. The van der Waals surface area contributed by atoms with E-state index in [1.54, 1.807) is 7.05 Å². The van der Waals surface area contributed by atoms with Crippen molar-refractivity contribution in [3.63, 3.8) is 0 Å². The Morgan fingerprint density at radius 2 is 1.71 bits per heavy atom. The second kappa shape index (κ2) is 7.23. The molecule has 6 heteroatoms. The molecule has 3 rings (SSSR count). The zero-order valence-corrected chi connectivity index (χ0v) is 13.8. The molecule has 0 bridgehead atoms. The van der Waals surface area contributed by atoms with E-state index in [0.29, 0.717) is 5.17 Å². The third kappa shape index (κ3) is 3.44. The van der Waals surface area contributed by atoms with Gasteiger partial charge in [-0.1, -0.05) is 60.3 Å². The Bertz CT molecular complexity index is 967. The van der Waals surface area contributed by atoms with Crippen molar-refractivity contribution in [1.82, 2.24) is 0 Å². The fourth-order valence-electron chi connectivity index (χ4n) is 2.48. The number of hydrogen-bond donors (Lipinski definition) is 1. The van der Waals surface area contributed by atoms with Crippen molar-refractivity contribution in [3.8, 4) is 0 Å². The standard InChI is InChI=1S/C18H15N3O2S/c1-19-18(24-11-17(22)23)21-20-16-10-12-6-2-3-7-13(12)14-8-4-5-9-15(14)16/h2-10H,11H2,1H3,(H,22,23). The van der Waals surface area contributed by atoms with E-state index in [4.69, 9.17) is 5.11 Å². The highest BCUT2D eigenvalue weighted by Gasteiger charge is 2.07. The number of azo groups is 1. The number of nitrogens with zero attached hydrogens (tertiary/aromatic N) is 3. The molecule has 0 spiro atoms. The van der Waals surface area contributed by atoms with Crippen molar-refractivity contribution in [3.05, 3.63) is 54.6 Å². The van der Waals surface area contributed by atoms with Crippen molar-refractivity contribution < 1.29 is 9.90 Å². The minimum absolute atomic E-state index is 0.0931. The van der Waals surface area contributed by atoms with Gasteiger partial charge in [0.1, 0.15) is 0 Å². The first-order valence-corrected chi connectivity index (χ1v) is 8.31. The zero-order valence-electron chi connectivity index (χ0n) is 13.0. The molecule has 3 aromatic rings. The average molecular weight is 337 g/mol. The summed E-state index contributed by atoms with van der Waals surface area (Å²) < 4.78 is 0. The molecule has 0 aliphatic carbocycles. The van der Waals surface area contributed by atoms with Crippen LogP contribution in [0.25, 0.3) is 21.5 Å². The Morgan fingerprint density at radius 3 is 2.42 bits per heavy atom. The Labute approximate surface area is 143 Å². The van der Waals surface area contributed by atoms with Gasteiger partial charge in [-0.3, -0.25) is 9.79 Å². The number of hydrogen-bond acceptors (Lipinski definition) is 4. The van der Waals surface area contributed by atoms with Crippen LogP contribution in [-0.4, -0.2) is 29.0 Å². The van der Waals surface area contributed by atoms with E-state index in [2.05, 4.69) is 27.4 Å². The molecule has 120 valence electrons. The molecule has 0 saturated carbocycles. The normalized spacial score (nSPS) is 12.3. The van der Waals surface area contributed by atoms with E-state index in [9.17, 15) is 4.79 Å². The predicted octanol–water partition coefficient (Wildman–Crippen LogP) is 4.88. The van der Waals surface area contributed by atoms with Gasteiger partial charge in [0.25, 0.3) is 0 Å². The Morgan fingerprint density at radius 1 is 1.04 bits per heavy atom. The number of thioether (sulfide) groups is 1. The highest BCUT2D eigenvalue weighted by molar-refractivity contribution is 8.14. The molecular formula is C18H15N3O2S. The Balaban J connectivity index is 2.05. The summed E-state index contributed by atoms with van der Waals surface area (Å²) in [7, 11) is 1.57. The second-order valence-electron chi connectivity index (χ2n) is 5.05. The van der Waals surface area contributed by atoms with Crippen LogP contribution in [0.2, 0.25) is 0 Å². The zero-order chi connectivity index (χ0) is 16.9. The molecule has 1 N–H and O–H groups in total. The molecule has 0 aromatic heterocycles. The monoisotopic (exact) mass is 337 g/mol. The van der Waals surface area contributed by atoms with Crippen molar-refractivity contribution in [2.24, 2.45) is 15.2 Å². The maximum Gasteiger partial charge on any atom is 0.313 e. The number of carboxylic acid groups (broad SMARTS) is 1. The highest BCUT2D eigenvalue weighted by Crippen LogP contribution is 2.33. The minimum atomic E-state index is -0.910. The maximum atomic E-state index is 10.7. The van der Waals surface area contributed by atoms with Crippen LogP contribution in [0.1, 0.15) is 0 Å². The Kier molecular flexibility index (Phi) is 4.86. The van der Waals surface area contributed by atoms with Gasteiger partial charge in [0.2, 0.25) is 5.17 Å². The predicted molar refractivity (Wildman–Crippen MR) is 99.4 cm³/mol. The van der Waals surface area contributed by atoms with Crippen LogP contribution in [-0.2, 0) is 4.79 Å². The molecule has 0 amide bonds. The lowest BCUT2D eigenvalue weighted by atomic mass is 10.0. The van der Waals surface area contributed by atoms with E-state index in [-0.39, 0.29) is 5.75 Å². The molecule has 5 nitrogen and oxygen atoms in total. The van der Waals surface area contributed by atoms with E-state index in [1.807, 2.05) is 42.5 Å². The topological polar surface area (TPSA) is 74.4 Å². The molecule has 3 aromatic carbocycles. The van der Waals surface area contributed by atoms with Gasteiger partial charge in [0.05, 0.1) is 11.4 Å². The lowest BCUT2D eigenvalue weighted by molar-refractivity contribution is -0.133. The van der Waals surface area contributed by atoms with Gasteiger partial charge in [0.15, 0.2) is 0 Å². The largest absolute Gasteiger partial charge is 0.481 e. The van der Waals surface area contributed by atoms with Gasteiger partial charge in [-0.15, -0.1) is 10.2 Å². The summed E-state index contributed by atoms with van der Waals surface area (Å²) in [6, 6.07) is 18.1. The van der Waals surface area contributed by atoms with E-state index in [0.717, 1.165) is 39.0 Å². The molecule has 0 unspecified atom stereocenters. The van der Waals surface area contributed by atoms with Crippen molar-refractivity contribution in [2.75, 3.05) is 12.8 Å². The van der Waals surface area contributed by atoms with Crippen molar-refractivity contribution in [2.45, 2.75) is 0 Å². The van der Waals surface area contributed by atoms with Crippen LogP contribution >= 0.6 is 11.8 Å². The van der Waals surface area contributed by atoms with Gasteiger partial charge >= 0.3 is 5.97 Å². The average Bonchev–Trinajstić information content (AvgIpc) is 2.61. The lowest BCUT2D eigenvalue weighted by Gasteiger charge is -2.06. The maximum absolute atomic E-state index is 10.7. The summed E-state index contributed by atoms with van der Waals surface area (Å²) in [6.07, 6.45) is 0. The minimum Gasteiger partial charge on any atom is -0.481 e. The number of benzene rings is 3. The van der Waals surface area contributed by atoms with Crippen LogP contribution in [0.3, 0.4) is 0 Å².